The summed E-state index contributed by atoms with van der Waals surface area (Å²) in [5.74, 6) is 0.113. The number of hydrogen-bond acceptors (Lipinski definition) is 7. The van der Waals surface area contributed by atoms with E-state index >= 15 is 0 Å². The number of hydrazone groups is 1. The number of carbonyl (C=O) groups excluding carboxylic acids is 2. The number of amides is 1. The molecule has 8 nitrogen and oxygen atoms in total. The molecule has 0 fully saturated rings. The quantitative estimate of drug-likeness (QED) is 0.210. The van der Waals surface area contributed by atoms with Gasteiger partial charge in [-0.25, -0.2) is 10.2 Å². The Balaban J connectivity index is 1.72. The summed E-state index contributed by atoms with van der Waals surface area (Å²) >= 11 is 2.07. The van der Waals surface area contributed by atoms with Gasteiger partial charge in [-0.1, -0.05) is 18.2 Å². The molecule has 30 heavy (non-hydrogen) atoms. The van der Waals surface area contributed by atoms with E-state index in [0.717, 1.165) is 5.39 Å². The van der Waals surface area contributed by atoms with Crippen molar-refractivity contribution in [3.63, 3.8) is 0 Å². The second-order valence-corrected chi connectivity index (χ2v) is 7.14. The summed E-state index contributed by atoms with van der Waals surface area (Å²) in [7, 11) is 1.29. The SMILES string of the molecule is CCOc1cc(/C=N/NC(=O)c2cc3ccccc3o2)cc(I)c1OCC(=O)OC. The van der Waals surface area contributed by atoms with E-state index in [4.69, 9.17) is 13.9 Å². The standard InChI is InChI=1S/C21H19IN2O6/c1-3-28-17-9-13(8-15(22)20(17)29-12-19(25)27-2)11-23-24-21(26)18-10-14-6-4-5-7-16(14)30-18/h4-11H,3,12H2,1-2H3,(H,24,26)/b23-11+. The van der Waals surface area contributed by atoms with Gasteiger partial charge in [0.1, 0.15) is 5.58 Å². The number of furan rings is 1. The lowest BCUT2D eigenvalue weighted by molar-refractivity contribution is -0.142. The number of methoxy groups -OCH3 is 1. The zero-order valence-electron chi connectivity index (χ0n) is 16.3. The number of hydrogen-bond donors (Lipinski definition) is 1. The van der Waals surface area contributed by atoms with E-state index in [9.17, 15) is 9.59 Å². The van der Waals surface area contributed by atoms with Gasteiger partial charge in [0.2, 0.25) is 0 Å². The predicted octanol–water partition coefficient (Wildman–Crippen LogP) is 3.75. The molecule has 2 aromatic carbocycles. The minimum atomic E-state index is -0.493. The molecular weight excluding hydrogens is 503 g/mol. The minimum Gasteiger partial charge on any atom is -0.490 e. The Morgan fingerprint density at radius 3 is 2.73 bits per heavy atom. The number of nitrogens with one attached hydrogen (secondary N) is 1. The lowest BCUT2D eigenvalue weighted by atomic mass is 10.2. The second kappa shape index (κ2) is 10.1. The fourth-order valence-corrected chi connectivity index (χ4v) is 3.35. The first-order chi connectivity index (χ1) is 14.5. The number of carbonyl (C=O) groups is 2. The molecule has 0 radical (unpaired) electrons. The van der Waals surface area contributed by atoms with E-state index in [1.807, 2.05) is 25.1 Å². The van der Waals surface area contributed by atoms with E-state index in [-0.39, 0.29) is 12.4 Å². The summed E-state index contributed by atoms with van der Waals surface area (Å²) in [5.41, 5.74) is 3.75. The Hall–Kier alpha value is -3.08. The molecule has 0 aliphatic rings. The average Bonchev–Trinajstić information content (AvgIpc) is 3.17. The van der Waals surface area contributed by atoms with Crippen molar-refractivity contribution in [1.82, 2.24) is 5.43 Å². The molecule has 0 saturated heterocycles. The molecule has 0 atom stereocenters. The maximum absolute atomic E-state index is 12.3. The summed E-state index contributed by atoms with van der Waals surface area (Å²) in [6.45, 7) is 2.02. The van der Waals surface area contributed by atoms with Crippen molar-refractivity contribution in [2.75, 3.05) is 20.3 Å². The van der Waals surface area contributed by atoms with Crippen LogP contribution in [0.5, 0.6) is 11.5 Å². The molecule has 9 heteroatoms. The molecule has 0 spiro atoms. The van der Waals surface area contributed by atoms with E-state index in [1.54, 1.807) is 24.3 Å². The van der Waals surface area contributed by atoms with Gasteiger partial charge >= 0.3 is 11.9 Å². The molecule has 3 rings (SSSR count). The Morgan fingerprint density at radius 2 is 2.00 bits per heavy atom. The second-order valence-electron chi connectivity index (χ2n) is 5.98. The summed E-state index contributed by atoms with van der Waals surface area (Å²) in [6.07, 6.45) is 1.48. The summed E-state index contributed by atoms with van der Waals surface area (Å²) < 4.78 is 22.0. The van der Waals surface area contributed by atoms with Crippen LogP contribution in [-0.2, 0) is 9.53 Å². The monoisotopic (exact) mass is 522 g/mol. The topological polar surface area (TPSA) is 99.4 Å². The molecule has 0 aliphatic carbocycles. The van der Waals surface area contributed by atoms with Gasteiger partial charge in [0.15, 0.2) is 23.9 Å². The largest absolute Gasteiger partial charge is 0.490 e. The van der Waals surface area contributed by atoms with Gasteiger partial charge in [0, 0.05) is 5.39 Å². The minimum absolute atomic E-state index is 0.171. The molecule has 1 heterocycles. The maximum atomic E-state index is 12.3. The van der Waals surface area contributed by atoms with Crippen molar-refractivity contribution in [3.05, 3.63) is 57.4 Å². The Morgan fingerprint density at radius 1 is 1.20 bits per heavy atom. The third kappa shape index (κ3) is 5.29. The van der Waals surface area contributed by atoms with E-state index in [0.29, 0.717) is 32.8 Å². The van der Waals surface area contributed by atoms with E-state index < -0.39 is 11.9 Å². The van der Waals surface area contributed by atoms with Gasteiger partial charge < -0.3 is 18.6 Å². The van der Waals surface area contributed by atoms with Crippen molar-refractivity contribution >= 4 is 51.7 Å². The highest BCUT2D eigenvalue weighted by Gasteiger charge is 2.14. The van der Waals surface area contributed by atoms with Crippen LogP contribution in [-0.4, -0.2) is 38.4 Å². The van der Waals surface area contributed by atoms with Crippen LogP contribution in [0.3, 0.4) is 0 Å². The van der Waals surface area contributed by atoms with Crippen LogP contribution in [0, 0.1) is 3.57 Å². The molecule has 1 amide bonds. The first-order valence-electron chi connectivity index (χ1n) is 8.99. The van der Waals surface area contributed by atoms with Gasteiger partial charge in [-0.2, -0.15) is 5.10 Å². The van der Waals surface area contributed by atoms with Crippen LogP contribution >= 0.6 is 22.6 Å². The van der Waals surface area contributed by atoms with Crippen LogP contribution in [0.15, 0.2) is 52.0 Å². The maximum Gasteiger partial charge on any atom is 0.343 e. The number of nitrogens with zero attached hydrogens (tertiary/aromatic N) is 1. The predicted molar refractivity (Wildman–Crippen MR) is 119 cm³/mol. The highest BCUT2D eigenvalue weighted by atomic mass is 127. The van der Waals surface area contributed by atoms with Gasteiger partial charge in [-0.15, -0.1) is 0 Å². The normalized spacial score (nSPS) is 10.9. The Bertz CT molecular complexity index is 1060. The van der Waals surface area contributed by atoms with Crippen molar-refractivity contribution in [3.8, 4) is 11.5 Å². The van der Waals surface area contributed by atoms with Gasteiger partial charge in [-0.05, 0) is 59.3 Å². The summed E-state index contributed by atoms with van der Waals surface area (Å²) in [5, 5.41) is 4.83. The third-order valence-corrected chi connectivity index (χ3v) is 4.72. The third-order valence-electron chi connectivity index (χ3n) is 3.92. The molecule has 156 valence electrons. The number of rotatable bonds is 8. The Labute approximate surface area is 186 Å². The van der Waals surface area contributed by atoms with E-state index in [1.165, 1.54) is 13.3 Å². The summed E-state index contributed by atoms with van der Waals surface area (Å²) in [4.78, 5) is 23.6. The molecule has 1 aromatic heterocycles. The van der Waals surface area contributed by atoms with Crippen LogP contribution in [0.4, 0.5) is 0 Å². The number of fused-ring (bicyclic) bond motifs is 1. The highest BCUT2D eigenvalue weighted by Crippen LogP contribution is 2.34. The average molecular weight is 522 g/mol. The lowest BCUT2D eigenvalue weighted by Crippen LogP contribution is -2.16. The molecule has 3 aromatic rings. The van der Waals surface area contributed by atoms with Crippen molar-refractivity contribution in [2.24, 2.45) is 5.10 Å². The number of ether oxygens (including phenoxy) is 3. The smallest absolute Gasteiger partial charge is 0.343 e. The lowest BCUT2D eigenvalue weighted by Gasteiger charge is -2.13. The number of esters is 1. The zero-order chi connectivity index (χ0) is 21.5. The Kier molecular flexibility index (Phi) is 7.28. The molecule has 0 aliphatic heterocycles. The summed E-state index contributed by atoms with van der Waals surface area (Å²) in [6, 6.07) is 12.5. The van der Waals surface area contributed by atoms with E-state index in [2.05, 4.69) is 37.9 Å². The first-order valence-corrected chi connectivity index (χ1v) is 10.1. The zero-order valence-corrected chi connectivity index (χ0v) is 18.5. The molecule has 0 saturated carbocycles. The fraction of sp³-hybridized carbons (Fsp3) is 0.190. The van der Waals surface area contributed by atoms with Crippen LogP contribution in [0.2, 0.25) is 0 Å². The number of halogens is 1. The molecule has 0 unspecified atom stereocenters. The number of para-hydroxylation sites is 1. The van der Waals surface area contributed by atoms with Crippen LogP contribution in [0.1, 0.15) is 23.0 Å². The van der Waals surface area contributed by atoms with Gasteiger partial charge in [0.05, 0.1) is 23.5 Å². The highest BCUT2D eigenvalue weighted by molar-refractivity contribution is 14.1. The molecular formula is C21H19IN2O6. The van der Waals surface area contributed by atoms with Crippen molar-refractivity contribution in [1.29, 1.82) is 0 Å². The van der Waals surface area contributed by atoms with Crippen LogP contribution in [0.25, 0.3) is 11.0 Å². The fourth-order valence-electron chi connectivity index (χ4n) is 2.57. The number of benzene rings is 2. The van der Waals surface area contributed by atoms with Gasteiger partial charge in [-0.3, -0.25) is 4.79 Å². The molecule has 1 N–H and O–H groups in total. The van der Waals surface area contributed by atoms with Crippen molar-refractivity contribution in [2.45, 2.75) is 6.92 Å². The van der Waals surface area contributed by atoms with Crippen molar-refractivity contribution < 1.29 is 28.2 Å². The van der Waals surface area contributed by atoms with Gasteiger partial charge in [0.25, 0.3) is 0 Å². The molecule has 0 bridgehead atoms. The first kappa shape index (κ1) is 21.6. The van der Waals surface area contributed by atoms with Crippen LogP contribution < -0.4 is 14.9 Å².